The second-order valence-electron chi connectivity index (χ2n) is 2.04. The van der Waals surface area contributed by atoms with Crippen LogP contribution < -0.4 is 5.84 Å². The quantitative estimate of drug-likeness (QED) is 0.386. The number of thiocarbonyl (C=S) groups is 1. The molecule has 1 rings (SSSR count). The predicted octanol–water partition coefficient (Wildman–Crippen LogP) is 0.673. The smallest absolute Gasteiger partial charge is 0.0919 e. The molecular weight excluding hydrogens is 120 g/mol. The van der Waals surface area contributed by atoms with Crippen LogP contribution in [-0.4, -0.2) is 16.5 Å². The highest BCUT2D eigenvalue weighted by molar-refractivity contribution is 7.80. The van der Waals surface area contributed by atoms with Gasteiger partial charge >= 0.3 is 0 Å². The van der Waals surface area contributed by atoms with Gasteiger partial charge in [0.15, 0.2) is 0 Å². The number of hydrogen-bond acceptors (Lipinski definition) is 2. The maximum absolute atomic E-state index is 5.47. The Balaban J connectivity index is 2.39. The molecule has 1 saturated heterocycles. The van der Waals surface area contributed by atoms with Crippen molar-refractivity contribution in [2.75, 3.05) is 6.54 Å². The molecule has 0 aromatic rings. The summed E-state index contributed by atoms with van der Waals surface area (Å²) >= 11 is 4.93. The molecule has 0 aromatic carbocycles. The fourth-order valence-electron chi connectivity index (χ4n) is 0.827. The molecule has 0 bridgehead atoms. The number of rotatable bonds is 0. The zero-order chi connectivity index (χ0) is 5.98. The number of piperidine rings is 1. The first-order valence-corrected chi connectivity index (χ1v) is 3.26. The number of nitrogens with two attached hydrogens (primary N) is 1. The van der Waals surface area contributed by atoms with Crippen molar-refractivity contribution >= 4 is 17.2 Å². The van der Waals surface area contributed by atoms with E-state index in [2.05, 4.69) is 0 Å². The molecule has 1 fully saturated rings. The number of hydrazine groups is 1. The maximum Gasteiger partial charge on any atom is 0.0919 e. The van der Waals surface area contributed by atoms with E-state index in [1.165, 1.54) is 12.8 Å². The summed E-state index contributed by atoms with van der Waals surface area (Å²) in [6.45, 7) is 0.943. The van der Waals surface area contributed by atoms with Gasteiger partial charge in [-0.25, -0.2) is 5.84 Å². The van der Waals surface area contributed by atoms with Gasteiger partial charge in [0.25, 0.3) is 0 Å². The SMILES string of the molecule is NN1CCCCC1=S. The van der Waals surface area contributed by atoms with Gasteiger partial charge in [0, 0.05) is 6.54 Å². The molecule has 2 nitrogen and oxygen atoms in total. The second kappa shape index (κ2) is 2.42. The van der Waals surface area contributed by atoms with Gasteiger partial charge in [-0.3, -0.25) is 0 Å². The van der Waals surface area contributed by atoms with Gasteiger partial charge in [-0.05, 0) is 19.3 Å². The van der Waals surface area contributed by atoms with Crippen LogP contribution in [0.2, 0.25) is 0 Å². The summed E-state index contributed by atoms with van der Waals surface area (Å²) in [5, 5.41) is 1.67. The third kappa shape index (κ3) is 1.17. The van der Waals surface area contributed by atoms with Crippen molar-refractivity contribution in [2.24, 2.45) is 5.84 Å². The molecule has 0 spiro atoms. The van der Waals surface area contributed by atoms with Crippen LogP contribution in [0.1, 0.15) is 19.3 Å². The van der Waals surface area contributed by atoms with Gasteiger partial charge in [0.2, 0.25) is 0 Å². The van der Waals surface area contributed by atoms with Crippen LogP contribution >= 0.6 is 12.2 Å². The number of nitrogens with zero attached hydrogens (tertiary/aromatic N) is 1. The van der Waals surface area contributed by atoms with Crippen LogP contribution in [0.3, 0.4) is 0 Å². The summed E-state index contributed by atoms with van der Waals surface area (Å²) in [5.74, 6) is 5.47. The summed E-state index contributed by atoms with van der Waals surface area (Å²) in [5.41, 5.74) is 0. The van der Waals surface area contributed by atoms with Crippen LogP contribution in [0, 0.1) is 0 Å². The van der Waals surface area contributed by atoms with Crippen LogP contribution in [-0.2, 0) is 0 Å². The standard InChI is InChI=1S/C5H10N2S/c6-7-4-2-1-3-5(7)8/h1-4,6H2. The first-order valence-electron chi connectivity index (χ1n) is 2.86. The van der Waals surface area contributed by atoms with Crippen LogP contribution in [0.4, 0.5) is 0 Å². The fraction of sp³-hybridized carbons (Fsp3) is 0.800. The Morgan fingerprint density at radius 1 is 1.50 bits per heavy atom. The molecule has 0 unspecified atom stereocenters. The van der Waals surface area contributed by atoms with E-state index in [4.69, 9.17) is 18.1 Å². The molecule has 46 valence electrons. The second-order valence-corrected chi connectivity index (χ2v) is 2.52. The highest BCUT2D eigenvalue weighted by Gasteiger charge is 2.09. The molecule has 0 amide bonds. The topological polar surface area (TPSA) is 29.3 Å². The minimum absolute atomic E-state index is 0.913. The Morgan fingerprint density at radius 3 is 2.62 bits per heavy atom. The van der Waals surface area contributed by atoms with Gasteiger partial charge < -0.3 is 5.01 Å². The lowest BCUT2D eigenvalue weighted by atomic mass is 10.2. The maximum atomic E-state index is 5.47. The van der Waals surface area contributed by atoms with Crippen molar-refractivity contribution in [3.63, 3.8) is 0 Å². The van der Waals surface area contributed by atoms with Crippen molar-refractivity contribution < 1.29 is 0 Å². The van der Waals surface area contributed by atoms with Gasteiger partial charge in [-0.1, -0.05) is 12.2 Å². The molecule has 1 heterocycles. The summed E-state index contributed by atoms with van der Waals surface area (Å²) in [4.78, 5) is 0.913. The molecule has 1 aliphatic heterocycles. The minimum Gasteiger partial charge on any atom is -0.305 e. The lowest BCUT2D eigenvalue weighted by Gasteiger charge is -2.23. The number of hydrogen-bond donors (Lipinski definition) is 1. The molecule has 0 aromatic heterocycles. The van der Waals surface area contributed by atoms with E-state index in [1.54, 1.807) is 5.01 Å². The van der Waals surface area contributed by atoms with Crippen molar-refractivity contribution in [3.05, 3.63) is 0 Å². The van der Waals surface area contributed by atoms with Gasteiger partial charge in [-0.15, -0.1) is 0 Å². The van der Waals surface area contributed by atoms with Crippen molar-refractivity contribution in [1.29, 1.82) is 0 Å². The van der Waals surface area contributed by atoms with E-state index in [9.17, 15) is 0 Å². The Labute approximate surface area is 54.6 Å². The first kappa shape index (κ1) is 5.98. The molecule has 2 N–H and O–H groups in total. The molecule has 1 aliphatic rings. The third-order valence-corrected chi connectivity index (χ3v) is 1.80. The minimum atomic E-state index is 0.913. The summed E-state index contributed by atoms with van der Waals surface area (Å²) in [6, 6.07) is 0. The van der Waals surface area contributed by atoms with Crippen LogP contribution in [0.5, 0.6) is 0 Å². The molecule has 3 heteroatoms. The molecule has 0 atom stereocenters. The predicted molar refractivity (Wildman–Crippen MR) is 37.3 cm³/mol. The average molecular weight is 130 g/mol. The van der Waals surface area contributed by atoms with Crippen molar-refractivity contribution in [1.82, 2.24) is 5.01 Å². The Morgan fingerprint density at radius 2 is 2.25 bits per heavy atom. The molecule has 8 heavy (non-hydrogen) atoms. The van der Waals surface area contributed by atoms with E-state index >= 15 is 0 Å². The fourth-order valence-corrected chi connectivity index (χ4v) is 1.06. The third-order valence-electron chi connectivity index (χ3n) is 1.36. The molecular formula is C5H10N2S. The Hall–Kier alpha value is -0.150. The Bertz CT molecular complexity index is 103. The van der Waals surface area contributed by atoms with Crippen molar-refractivity contribution in [2.45, 2.75) is 19.3 Å². The molecule has 0 radical (unpaired) electrons. The van der Waals surface area contributed by atoms with E-state index in [1.807, 2.05) is 0 Å². The molecule has 0 saturated carbocycles. The lowest BCUT2D eigenvalue weighted by Crippen LogP contribution is -2.39. The van der Waals surface area contributed by atoms with E-state index in [0.717, 1.165) is 18.0 Å². The van der Waals surface area contributed by atoms with Gasteiger partial charge in [0.1, 0.15) is 0 Å². The lowest BCUT2D eigenvalue weighted by molar-refractivity contribution is 0.393. The first-order chi connectivity index (χ1) is 3.80. The highest BCUT2D eigenvalue weighted by atomic mass is 32.1. The zero-order valence-corrected chi connectivity index (χ0v) is 5.58. The van der Waals surface area contributed by atoms with E-state index in [0.29, 0.717) is 0 Å². The van der Waals surface area contributed by atoms with E-state index < -0.39 is 0 Å². The van der Waals surface area contributed by atoms with Gasteiger partial charge in [0.05, 0.1) is 4.99 Å². The normalized spacial score (nSPS) is 21.6. The van der Waals surface area contributed by atoms with E-state index in [-0.39, 0.29) is 0 Å². The monoisotopic (exact) mass is 130 g/mol. The van der Waals surface area contributed by atoms with Crippen LogP contribution in [0.15, 0.2) is 0 Å². The summed E-state index contributed by atoms with van der Waals surface area (Å²) in [6.07, 6.45) is 3.41. The van der Waals surface area contributed by atoms with Crippen molar-refractivity contribution in [3.8, 4) is 0 Å². The van der Waals surface area contributed by atoms with Gasteiger partial charge in [-0.2, -0.15) is 0 Å². The van der Waals surface area contributed by atoms with Crippen LogP contribution in [0.25, 0.3) is 0 Å². The average Bonchev–Trinajstić information content (AvgIpc) is 1.77. The molecule has 0 aliphatic carbocycles. The summed E-state index contributed by atoms with van der Waals surface area (Å²) in [7, 11) is 0. The summed E-state index contributed by atoms with van der Waals surface area (Å²) < 4.78 is 0. The Kier molecular flexibility index (Phi) is 1.81. The largest absolute Gasteiger partial charge is 0.305 e. The highest BCUT2D eigenvalue weighted by Crippen LogP contribution is 2.07. The zero-order valence-electron chi connectivity index (χ0n) is 4.76.